The normalized spacial score (nSPS) is 14.3. The van der Waals surface area contributed by atoms with Crippen LogP contribution in [0.2, 0.25) is 5.02 Å². The zero-order chi connectivity index (χ0) is 25.0. The molecule has 0 aliphatic carbocycles. The molecule has 3 rings (SSSR count). The van der Waals surface area contributed by atoms with Crippen molar-refractivity contribution in [1.29, 1.82) is 0 Å². The molecule has 3 heterocycles. The minimum atomic E-state index is -4.01. The first-order valence-corrected chi connectivity index (χ1v) is 12.0. The second kappa shape index (κ2) is 10.4. The van der Waals surface area contributed by atoms with E-state index < -0.39 is 27.3 Å². The zero-order valence-electron chi connectivity index (χ0n) is 19.4. The Bertz CT molecular complexity index is 1220. The maximum Gasteiger partial charge on any atom is 0.245 e. The van der Waals surface area contributed by atoms with Crippen LogP contribution in [0.5, 0.6) is 11.8 Å². The SMILES string of the molecule is COc1ncnc(OC)c1-n1c(NS(=O)(=O)[C@@H](C)[C@H](C)c2ncc(Cl)cn2)nnc1[C@H](C)OC. The molecule has 0 aliphatic heterocycles. The van der Waals surface area contributed by atoms with Gasteiger partial charge in [0.05, 0.1) is 24.5 Å². The van der Waals surface area contributed by atoms with Gasteiger partial charge in [-0.15, -0.1) is 10.2 Å². The highest BCUT2D eigenvalue weighted by Gasteiger charge is 2.33. The van der Waals surface area contributed by atoms with Crippen molar-refractivity contribution in [2.24, 2.45) is 0 Å². The second-order valence-electron chi connectivity index (χ2n) is 7.24. The summed E-state index contributed by atoms with van der Waals surface area (Å²) in [5.74, 6) is 0.153. The van der Waals surface area contributed by atoms with E-state index in [1.165, 1.54) is 51.5 Å². The molecule has 15 heteroatoms. The minimum Gasteiger partial charge on any atom is -0.479 e. The highest BCUT2D eigenvalue weighted by Crippen LogP contribution is 2.34. The monoisotopic (exact) mass is 512 g/mol. The fourth-order valence-electron chi connectivity index (χ4n) is 3.05. The van der Waals surface area contributed by atoms with E-state index in [1.807, 2.05) is 0 Å². The van der Waals surface area contributed by atoms with Crippen molar-refractivity contribution in [1.82, 2.24) is 34.7 Å². The molecule has 184 valence electrons. The van der Waals surface area contributed by atoms with E-state index in [-0.39, 0.29) is 29.2 Å². The Balaban J connectivity index is 2.08. The molecule has 0 unspecified atom stereocenters. The first kappa shape index (κ1) is 25.5. The van der Waals surface area contributed by atoms with Crippen molar-refractivity contribution in [2.45, 2.75) is 38.0 Å². The van der Waals surface area contributed by atoms with E-state index in [1.54, 1.807) is 13.8 Å². The van der Waals surface area contributed by atoms with E-state index in [4.69, 9.17) is 25.8 Å². The number of nitrogens with zero attached hydrogens (tertiary/aromatic N) is 7. The summed E-state index contributed by atoms with van der Waals surface area (Å²) in [6, 6.07) is 0. The Morgan fingerprint density at radius 1 is 0.971 bits per heavy atom. The molecule has 0 saturated carbocycles. The van der Waals surface area contributed by atoms with Gasteiger partial charge in [-0.3, -0.25) is 9.29 Å². The fraction of sp³-hybridized carbons (Fsp3) is 0.474. The van der Waals surface area contributed by atoms with Crippen LogP contribution in [0.15, 0.2) is 18.7 Å². The van der Waals surface area contributed by atoms with E-state index in [2.05, 4.69) is 34.9 Å². The summed E-state index contributed by atoms with van der Waals surface area (Å²) in [4.78, 5) is 16.5. The summed E-state index contributed by atoms with van der Waals surface area (Å²) >= 11 is 5.84. The molecule has 13 nitrogen and oxygen atoms in total. The Morgan fingerprint density at radius 2 is 1.56 bits per heavy atom. The lowest BCUT2D eigenvalue weighted by Gasteiger charge is -2.21. The van der Waals surface area contributed by atoms with Crippen LogP contribution in [-0.4, -0.2) is 69.7 Å². The van der Waals surface area contributed by atoms with Crippen LogP contribution in [0.25, 0.3) is 5.69 Å². The second-order valence-corrected chi connectivity index (χ2v) is 9.71. The number of nitrogens with one attached hydrogen (secondary N) is 1. The van der Waals surface area contributed by atoms with Gasteiger partial charge >= 0.3 is 0 Å². The number of halogens is 1. The Kier molecular flexibility index (Phi) is 7.84. The average Bonchev–Trinajstić information content (AvgIpc) is 3.24. The summed E-state index contributed by atoms with van der Waals surface area (Å²) in [6.07, 6.45) is 3.51. The molecule has 0 saturated heterocycles. The standard InChI is InChI=1S/C19H25ClN8O5S/c1-10(15-21-7-13(20)8-22-15)12(3)34(29,30)27-19-26-25-16(11(2)31-4)28(19)14-17(32-5)23-9-24-18(14)33-6/h7-12H,1-6H3,(H,26,27)/t10-,11-,12-/m0/s1. The lowest BCUT2D eigenvalue weighted by molar-refractivity contribution is 0.110. The lowest BCUT2D eigenvalue weighted by atomic mass is 10.1. The van der Waals surface area contributed by atoms with Crippen LogP contribution in [0.4, 0.5) is 5.95 Å². The molecule has 3 atom stereocenters. The number of hydrogen-bond acceptors (Lipinski definition) is 11. The molecule has 34 heavy (non-hydrogen) atoms. The number of ether oxygens (including phenoxy) is 3. The molecule has 0 bridgehead atoms. The smallest absolute Gasteiger partial charge is 0.245 e. The predicted octanol–water partition coefficient (Wildman–Crippen LogP) is 2.16. The highest BCUT2D eigenvalue weighted by molar-refractivity contribution is 7.93. The van der Waals surface area contributed by atoms with Crippen LogP contribution in [-0.2, 0) is 14.8 Å². The van der Waals surface area contributed by atoms with Gasteiger partial charge in [0.2, 0.25) is 27.7 Å². The number of aromatic nitrogens is 7. The van der Waals surface area contributed by atoms with E-state index in [0.29, 0.717) is 10.8 Å². The van der Waals surface area contributed by atoms with Crippen LogP contribution >= 0.6 is 11.6 Å². The quantitative estimate of drug-likeness (QED) is 0.424. The third-order valence-electron chi connectivity index (χ3n) is 5.25. The molecular formula is C19H25ClN8O5S. The molecule has 1 N–H and O–H groups in total. The van der Waals surface area contributed by atoms with Crippen LogP contribution in [0, 0.1) is 0 Å². The van der Waals surface area contributed by atoms with Gasteiger partial charge < -0.3 is 14.2 Å². The molecular weight excluding hydrogens is 488 g/mol. The van der Waals surface area contributed by atoms with E-state index in [9.17, 15) is 8.42 Å². The van der Waals surface area contributed by atoms with Crippen molar-refractivity contribution in [3.8, 4) is 17.4 Å². The molecule has 0 spiro atoms. The van der Waals surface area contributed by atoms with Crippen molar-refractivity contribution < 1.29 is 22.6 Å². The van der Waals surface area contributed by atoms with Gasteiger partial charge in [0.1, 0.15) is 18.3 Å². The maximum absolute atomic E-state index is 13.3. The van der Waals surface area contributed by atoms with Gasteiger partial charge in [0.25, 0.3) is 0 Å². The fourth-order valence-corrected chi connectivity index (χ4v) is 4.37. The summed E-state index contributed by atoms with van der Waals surface area (Å²) in [6.45, 7) is 4.97. The maximum atomic E-state index is 13.3. The number of hydrogen-bond donors (Lipinski definition) is 1. The Labute approximate surface area is 201 Å². The van der Waals surface area contributed by atoms with E-state index in [0.717, 1.165) is 0 Å². The van der Waals surface area contributed by atoms with Gasteiger partial charge in [-0.1, -0.05) is 18.5 Å². The first-order valence-electron chi connectivity index (χ1n) is 10.0. The molecule has 3 aromatic heterocycles. The summed E-state index contributed by atoms with van der Waals surface area (Å²) in [7, 11) is 0.299. The minimum absolute atomic E-state index is 0.118. The average molecular weight is 513 g/mol. The van der Waals surface area contributed by atoms with Gasteiger partial charge in [-0.05, 0) is 13.8 Å². The predicted molar refractivity (Wildman–Crippen MR) is 123 cm³/mol. The largest absolute Gasteiger partial charge is 0.479 e. The van der Waals surface area contributed by atoms with Gasteiger partial charge in [-0.2, -0.15) is 9.97 Å². The number of sulfonamides is 1. The van der Waals surface area contributed by atoms with E-state index >= 15 is 0 Å². The van der Waals surface area contributed by atoms with Crippen molar-refractivity contribution in [3.05, 3.63) is 35.4 Å². The molecule has 0 amide bonds. The van der Waals surface area contributed by atoms with Crippen LogP contribution < -0.4 is 14.2 Å². The first-order chi connectivity index (χ1) is 16.1. The molecule has 0 fully saturated rings. The third-order valence-corrected chi connectivity index (χ3v) is 7.29. The van der Waals surface area contributed by atoms with Crippen molar-refractivity contribution >= 4 is 27.6 Å². The summed E-state index contributed by atoms with van der Waals surface area (Å²) < 4.78 is 46.7. The number of anilines is 1. The van der Waals surface area contributed by atoms with Gasteiger partial charge in [0, 0.05) is 25.4 Å². The van der Waals surface area contributed by atoms with Crippen molar-refractivity contribution in [3.63, 3.8) is 0 Å². The number of methoxy groups -OCH3 is 3. The molecule has 0 radical (unpaired) electrons. The molecule has 3 aromatic rings. The Morgan fingerprint density at radius 3 is 2.09 bits per heavy atom. The molecule has 0 aliphatic rings. The van der Waals surface area contributed by atoms with Crippen LogP contribution in [0.1, 0.15) is 44.4 Å². The van der Waals surface area contributed by atoms with Gasteiger partial charge in [-0.25, -0.2) is 18.4 Å². The zero-order valence-corrected chi connectivity index (χ0v) is 21.0. The van der Waals surface area contributed by atoms with Crippen LogP contribution in [0.3, 0.4) is 0 Å². The highest BCUT2D eigenvalue weighted by atomic mass is 35.5. The topological polar surface area (TPSA) is 156 Å². The summed E-state index contributed by atoms with van der Waals surface area (Å²) in [5.41, 5.74) is 0.204. The van der Waals surface area contributed by atoms with Crippen molar-refractivity contribution in [2.75, 3.05) is 26.1 Å². The lowest BCUT2D eigenvalue weighted by Crippen LogP contribution is -2.31. The Hall–Kier alpha value is -3.10. The molecule has 0 aromatic carbocycles. The summed E-state index contributed by atoms with van der Waals surface area (Å²) in [5, 5.41) is 7.58. The van der Waals surface area contributed by atoms with Gasteiger partial charge in [0.15, 0.2) is 11.5 Å². The third kappa shape index (κ3) is 5.03. The number of rotatable bonds is 10.